The lowest BCUT2D eigenvalue weighted by molar-refractivity contribution is -0.0324. The lowest BCUT2D eigenvalue weighted by atomic mass is 10.3. The van der Waals surface area contributed by atoms with Crippen LogP contribution in [-0.4, -0.2) is 28.1 Å². The van der Waals surface area contributed by atoms with Gasteiger partial charge in [-0.05, 0) is 23.6 Å². The average Bonchev–Trinajstić information content (AvgIpc) is 2.96. The molecule has 19 heavy (non-hydrogen) atoms. The fourth-order valence-corrected chi connectivity index (χ4v) is 2.80. The molecule has 0 saturated heterocycles. The van der Waals surface area contributed by atoms with E-state index in [4.69, 9.17) is 0 Å². The summed E-state index contributed by atoms with van der Waals surface area (Å²) in [6, 6.07) is 10.4. The van der Waals surface area contributed by atoms with Gasteiger partial charge in [0, 0.05) is 30.7 Å². The Hall–Kier alpha value is -1.23. The van der Waals surface area contributed by atoms with E-state index in [2.05, 4.69) is 52.4 Å². The van der Waals surface area contributed by atoms with Crippen LogP contribution < -0.4 is 0 Å². The average molecular weight is 275 g/mol. The van der Waals surface area contributed by atoms with Crippen molar-refractivity contribution in [2.24, 2.45) is 0 Å². The molecule has 0 aliphatic heterocycles. The molecule has 0 atom stereocenters. The van der Waals surface area contributed by atoms with Crippen LogP contribution in [0.15, 0.2) is 41.9 Å². The summed E-state index contributed by atoms with van der Waals surface area (Å²) in [5.41, 5.74) is 1.12. The number of thiophene rings is 1. The molecule has 2 rings (SSSR count). The van der Waals surface area contributed by atoms with Crippen molar-refractivity contribution in [3.05, 3.63) is 52.5 Å². The molecule has 0 aromatic carbocycles. The van der Waals surface area contributed by atoms with Crippen LogP contribution in [0.25, 0.3) is 0 Å². The Labute approximate surface area is 119 Å². The van der Waals surface area contributed by atoms with E-state index >= 15 is 0 Å². The number of hydrogen-bond acceptors (Lipinski definition) is 4. The molecule has 0 saturated carbocycles. The molecular formula is C15H21N3S. The zero-order valence-corrected chi connectivity index (χ0v) is 12.4. The lowest BCUT2D eigenvalue weighted by Gasteiger charge is -2.33. The van der Waals surface area contributed by atoms with E-state index in [0.717, 1.165) is 31.9 Å². The van der Waals surface area contributed by atoms with Crippen molar-refractivity contribution < 1.29 is 0 Å². The highest BCUT2D eigenvalue weighted by molar-refractivity contribution is 7.09. The molecule has 0 aliphatic rings. The zero-order valence-electron chi connectivity index (χ0n) is 11.6. The van der Waals surface area contributed by atoms with Crippen LogP contribution >= 0.6 is 11.3 Å². The molecule has 2 heterocycles. The smallest absolute Gasteiger partial charge is 0.0558 e. The van der Waals surface area contributed by atoms with E-state index in [1.807, 2.05) is 29.7 Å². The Balaban J connectivity index is 2.02. The van der Waals surface area contributed by atoms with Crippen molar-refractivity contribution in [2.75, 3.05) is 13.1 Å². The highest BCUT2D eigenvalue weighted by atomic mass is 32.1. The molecule has 0 fully saturated rings. The number of hydrogen-bond donors (Lipinski definition) is 0. The maximum atomic E-state index is 4.41. The van der Waals surface area contributed by atoms with Gasteiger partial charge in [0.05, 0.1) is 12.2 Å². The van der Waals surface area contributed by atoms with Gasteiger partial charge in [-0.3, -0.25) is 4.98 Å². The first-order valence-corrected chi connectivity index (χ1v) is 7.63. The fourth-order valence-electron chi connectivity index (χ4n) is 2.08. The SMILES string of the molecule is CCN(Cc1ccccn1)N(CC)Cc1cccs1. The summed E-state index contributed by atoms with van der Waals surface area (Å²) >= 11 is 1.82. The maximum absolute atomic E-state index is 4.41. The van der Waals surface area contributed by atoms with Crippen LogP contribution in [0, 0.1) is 0 Å². The molecule has 0 N–H and O–H groups in total. The molecule has 2 aromatic heterocycles. The van der Waals surface area contributed by atoms with Gasteiger partial charge in [-0.2, -0.15) is 0 Å². The summed E-state index contributed by atoms with van der Waals surface area (Å²) in [5.74, 6) is 0. The number of aromatic nitrogens is 1. The monoisotopic (exact) mass is 275 g/mol. The highest BCUT2D eigenvalue weighted by Gasteiger charge is 2.13. The normalized spacial score (nSPS) is 11.4. The molecule has 4 heteroatoms. The third kappa shape index (κ3) is 4.13. The topological polar surface area (TPSA) is 19.4 Å². The molecule has 2 aromatic rings. The van der Waals surface area contributed by atoms with Crippen LogP contribution in [-0.2, 0) is 13.1 Å². The molecule has 0 amide bonds. The van der Waals surface area contributed by atoms with Crippen molar-refractivity contribution in [3.8, 4) is 0 Å². The van der Waals surface area contributed by atoms with E-state index in [1.54, 1.807) is 0 Å². The Bertz CT molecular complexity index is 456. The van der Waals surface area contributed by atoms with Crippen molar-refractivity contribution in [1.82, 2.24) is 15.0 Å². The van der Waals surface area contributed by atoms with Crippen molar-refractivity contribution >= 4 is 11.3 Å². The van der Waals surface area contributed by atoms with E-state index in [1.165, 1.54) is 4.88 Å². The van der Waals surface area contributed by atoms with Gasteiger partial charge in [0.15, 0.2) is 0 Å². The van der Waals surface area contributed by atoms with Gasteiger partial charge >= 0.3 is 0 Å². The zero-order chi connectivity index (χ0) is 13.5. The van der Waals surface area contributed by atoms with Gasteiger partial charge in [0.1, 0.15) is 0 Å². The molecule has 0 radical (unpaired) electrons. The third-order valence-corrected chi connectivity index (χ3v) is 3.98. The second-order valence-electron chi connectivity index (χ2n) is 4.36. The molecule has 0 aliphatic carbocycles. The molecule has 0 bridgehead atoms. The summed E-state index contributed by atoms with van der Waals surface area (Å²) in [4.78, 5) is 5.82. The second-order valence-corrected chi connectivity index (χ2v) is 5.39. The van der Waals surface area contributed by atoms with Crippen LogP contribution in [0.3, 0.4) is 0 Å². The Morgan fingerprint density at radius 1 is 1.00 bits per heavy atom. The van der Waals surface area contributed by atoms with Gasteiger partial charge < -0.3 is 0 Å². The first-order valence-electron chi connectivity index (χ1n) is 6.75. The predicted molar refractivity (Wildman–Crippen MR) is 80.7 cm³/mol. The summed E-state index contributed by atoms with van der Waals surface area (Å²) in [7, 11) is 0. The molecule has 102 valence electrons. The number of pyridine rings is 1. The van der Waals surface area contributed by atoms with Crippen LogP contribution in [0.2, 0.25) is 0 Å². The molecule has 0 spiro atoms. The van der Waals surface area contributed by atoms with Gasteiger partial charge in [-0.1, -0.05) is 26.0 Å². The number of hydrazine groups is 1. The second kappa shape index (κ2) is 7.38. The third-order valence-electron chi connectivity index (χ3n) is 3.12. The minimum atomic E-state index is 0.872. The molecule has 0 unspecified atom stereocenters. The first-order chi connectivity index (χ1) is 9.33. The van der Waals surface area contributed by atoms with Crippen molar-refractivity contribution in [1.29, 1.82) is 0 Å². The summed E-state index contributed by atoms with van der Waals surface area (Å²) < 4.78 is 0. The van der Waals surface area contributed by atoms with Gasteiger partial charge in [0.2, 0.25) is 0 Å². The van der Waals surface area contributed by atoms with E-state index in [9.17, 15) is 0 Å². The lowest BCUT2D eigenvalue weighted by Crippen LogP contribution is -2.41. The van der Waals surface area contributed by atoms with E-state index in [0.29, 0.717) is 0 Å². The van der Waals surface area contributed by atoms with Crippen molar-refractivity contribution in [3.63, 3.8) is 0 Å². The standard InChI is InChI=1S/C15H21N3S/c1-3-17(12-14-8-5-6-10-16-14)18(4-2)13-15-9-7-11-19-15/h5-11H,3-4,12-13H2,1-2H3. The summed E-state index contributed by atoms with van der Waals surface area (Å²) in [6.45, 7) is 8.26. The Morgan fingerprint density at radius 3 is 2.37 bits per heavy atom. The summed E-state index contributed by atoms with van der Waals surface area (Å²) in [6.07, 6.45) is 1.86. The summed E-state index contributed by atoms with van der Waals surface area (Å²) in [5, 5.41) is 6.89. The van der Waals surface area contributed by atoms with Crippen LogP contribution in [0.5, 0.6) is 0 Å². The predicted octanol–water partition coefficient (Wildman–Crippen LogP) is 3.40. The highest BCUT2D eigenvalue weighted by Crippen LogP contribution is 2.14. The minimum absolute atomic E-state index is 0.872. The Kier molecular flexibility index (Phi) is 5.51. The Morgan fingerprint density at radius 2 is 1.79 bits per heavy atom. The van der Waals surface area contributed by atoms with E-state index < -0.39 is 0 Å². The number of nitrogens with zero attached hydrogens (tertiary/aromatic N) is 3. The van der Waals surface area contributed by atoms with Gasteiger partial charge in [-0.25, -0.2) is 10.0 Å². The fraction of sp³-hybridized carbons (Fsp3) is 0.400. The van der Waals surface area contributed by atoms with Gasteiger partial charge in [-0.15, -0.1) is 11.3 Å². The largest absolute Gasteiger partial charge is 0.260 e. The quantitative estimate of drug-likeness (QED) is 0.722. The molecule has 3 nitrogen and oxygen atoms in total. The van der Waals surface area contributed by atoms with Gasteiger partial charge in [0.25, 0.3) is 0 Å². The van der Waals surface area contributed by atoms with Crippen molar-refractivity contribution in [2.45, 2.75) is 26.9 Å². The minimum Gasteiger partial charge on any atom is -0.260 e. The molecular weight excluding hydrogens is 254 g/mol. The number of rotatable bonds is 7. The maximum Gasteiger partial charge on any atom is 0.0558 e. The first kappa shape index (κ1) is 14.2. The van der Waals surface area contributed by atoms with Crippen LogP contribution in [0.4, 0.5) is 0 Å². The van der Waals surface area contributed by atoms with E-state index in [-0.39, 0.29) is 0 Å². The van der Waals surface area contributed by atoms with Crippen LogP contribution in [0.1, 0.15) is 24.4 Å².